The van der Waals surface area contributed by atoms with Crippen molar-refractivity contribution in [1.82, 2.24) is 0 Å². The van der Waals surface area contributed by atoms with E-state index in [0.29, 0.717) is 5.04 Å². The van der Waals surface area contributed by atoms with Crippen molar-refractivity contribution in [3.8, 4) is 0 Å². The van der Waals surface area contributed by atoms with E-state index in [4.69, 9.17) is 0 Å². The molecule has 0 amide bonds. The Morgan fingerprint density at radius 2 is 1.92 bits per heavy atom. The van der Waals surface area contributed by atoms with Gasteiger partial charge in [0.2, 0.25) is 0 Å². The van der Waals surface area contributed by atoms with Crippen LogP contribution in [0.4, 0.5) is 0 Å². The van der Waals surface area contributed by atoms with Gasteiger partial charge in [0.1, 0.15) is 0 Å². The minimum Gasteiger partial charge on any atom is -0.0845 e. The predicted molar refractivity (Wildman–Crippen MR) is 57.1 cm³/mol. The first-order valence-electron chi connectivity index (χ1n) is 5.18. The highest BCUT2D eigenvalue weighted by Gasteiger charge is 2.56. The van der Waals surface area contributed by atoms with Crippen molar-refractivity contribution in [3.63, 3.8) is 0 Å². The van der Waals surface area contributed by atoms with Crippen LogP contribution in [0.25, 0.3) is 0 Å². The smallest absolute Gasteiger partial charge is 0.0560 e. The monoisotopic (exact) mass is 180 g/mol. The Kier molecular flexibility index (Phi) is 1.61. The van der Waals surface area contributed by atoms with Gasteiger partial charge < -0.3 is 0 Å². The summed E-state index contributed by atoms with van der Waals surface area (Å²) in [5, 5.41) is 0.688. The molecule has 1 heteroatoms. The molecule has 0 radical (unpaired) electrons. The summed E-state index contributed by atoms with van der Waals surface area (Å²) in [6, 6.07) is 0. The van der Waals surface area contributed by atoms with E-state index in [2.05, 4.69) is 38.7 Å². The fourth-order valence-corrected chi connectivity index (χ4v) is 7.09. The average Bonchev–Trinajstić information content (AvgIpc) is 2.01. The van der Waals surface area contributed by atoms with Gasteiger partial charge in [-0.25, -0.2) is 0 Å². The van der Waals surface area contributed by atoms with Crippen molar-refractivity contribution in [2.75, 3.05) is 0 Å². The van der Waals surface area contributed by atoms with Gasteiger partial charge in [-0.2, -0.15) is 0 Å². The highest BCUT2D eigenvalue weighted by atomic mass is 28.3. The molecule has 3 unspecified atom stereocenters. The third kappa shape index (κ3) is 0.782. The maximum atomic E-state index is 2.54. The molecule has 0 nitrogen and oxygen atoms in total. The highest BCUT2D eigenvalue weighted by molar-refractivity contribution is 6.80. The van der Waals surface area contributed by atoms with E-state index in [1.165, 1.54) is 12.8 Å². The normalized spacial score (nSPS) is 45.7. The Morgan fingerprint density at radius 3 is 2.17 bits per heavy atom. The number of hydrogen-bond donors (Lipinski definition) is 0. The highest BCUT2D eigenvalue weighted by Crippen LogP contribution is 2.66. The molecule has 0 aromatic carbocycles. The van der Waals surface area contributed by atoms with E-state index in [0.717, 1.165) is 11.8 Å². The molecule has 1 saturated carbocycles. The number of hydrogen-bond acceptors (Lipinski definition) is 0. The molecule has 2 aliphatic rings. The largest absolute Gasteiger partial charge is 0.0845 e. The molecule has 2 rings (SSSR count). The topological polar surface area (TPSA) is 0 Å². The van der Waals surface area contributed by atoms with Crippen LogP contribution in [-0.2, 0) is 0 Å². The Morgan fingerprint density at radius 1 is 1.25 bits per heavy atom. The summed E-state index contributed by atoms with van der Waals surface area (Å²) in [6.07, 6.45) is 7.92. The van der Waals surface area contributed by atoms with Crippen LogP contribution in [0.15, 0.2) is 12.2 Å². The fourth-order valence-electron chi connectivity index (χ4n) is 3.52. The molecule has 12 heavy (non-hydrogen) atoms. The fraction of sp³-hybridized carbons (Fsp3) is 0.818. The van der Waals surface area contributed by atoms with Gasteiger partial charge in [-0.3, -0.25) is 0 Å². The molecule has 68 valence electrons. The van der Waals surface area contributed by atoms with E-state index in [1.807, 2.05) is 0 Å². The second-order valence-electron chi connectivity index (χ2n) is 5.63. The van der Waals surface area contributed by atoms with E-state index in [1.54, 1.807) is 0 Å². The Balaban J connectivity index is 2.37. The Labute approximate surface area is 77.1 Å². The second-order valence-corrected chi connectivity index (χ2v) is 11.0. The van der Waals surface area contributed by atoms with Crippen LogP contribution in [0.1, 0.15) is 19.8 Å². The molecule has 2 aliphatic carbocycles. The summed E-state index contributed by atoms with van der Waals surface area (Å²) in [5.41, 5.74) is 0. The third-order valence-electron chi connectivity index (χ3n) is 4.24. The Bertz CT molecular complexity index is 224. The van der Waals surface area contributed by atoms with E-state index >= 15 is 0 Å². The van der Waals surface area contributed by atoms with Gasteiger partial charge >= 0.3 is 0 Å². The lowest BCUT2D eigenvalue weighted by atomic mass is 9.80. The summed E-state index contributed by atoms with van der Waals surface area (Å²) in [5.74, 6) is 1.92. The number of allylic oxidation sites excluding steroid dienone is 2. The Hall–Kier alpha value is -0.0431. The maximum Gasteiger partial charge on any atom is 0.0560 e. The summed E-state index contributed by atoms with van der Waals surface area (Å²) in [4.78, 5) is 0. The van der Waals surface area contributed by atoms with Crippen molar-refractivity contribution in [3.05, 3.63) is 12.2 Å². The van der Waals surface area contributed by atoms with Gasteiger partial charge in [-0.1, -0.05) is 38.7 Å². The van der Waals surface area contributed by atoms with Crippen LogP contribution in [0, 0.1) is 11.8 Å². The van der Waals surface area contributed by atoms with E-state index in [-0.39, 0.29) is 0 Å². The summed E-state index contributed by atoms with van der Waals surface area (Å²) in [7, 11) is -0.975. The minimum atomic E-state index is -0.975. The third-order valence-corrected chi connectivity index (χ3v) is 7.87. The van der Waals surface area contributed by atoms with Crippen LogP contribution in [0.2, 0.25) is 24.7 Å². The zero-order valence-electron chi connectivity index (χ0n) is 8.72. The average molecular weight is 180 g/mol. The molecule has 1 fully saturated rings. The molecule has 0 aromatic heterocycles. The first-order valence-corrected chi connectivity index (χ1v) is 8.68. The van der Waals surface area contributed by atoms with Crippen LogP contribution < -0.4 is 0 Å². The zero-order valence-corrected chi connectivity index (χ0v) is 9.72. The SMILES string of the molecule is CC1CCC2C=CC12[Si](C)(C)C. The predicted octanol–water partition coefficient (Wildman–Crippen LogP) is 3.68. The standard InChI is InChI=1S/C11H20Si/c1-9-5-6-10-7-8-11(9,10)12(2,3)4/h7-10H,5-6H2,1-4H3. The van der Waals surface area contributed by atoms with Crippen molar-refractivity contribution in [2.45, 2.75) is 44.4 Å². The second kappa shape index (κ2) is 2.25. The lowest BCUT2D eigenvalue weighted by molar-refractivity contribution is 0.419. The van der Waals surface area contributed by atoms with Gasteiger partial charge in [0.25, 0.3) is 0 Å². The van der Waals surface area contributed by atoms with Gasteiger partial charge in [0, 0.05) is 0 Å². The summed E-state index contributed by atoms with van der Waals surface area (Å²) < 4.78 is 0. The molecule has 0 saturated heterocycles. The molecular weight excluding hydrogens is 160 g/mol. The van der Waals surface area contributed by atoms with Crippen LogP contribution in [0.5, 0.6) is 0 Å². The maximum absolute atomic E-state index is 2.54. The van der Waals surface area contributed by atoms with Gasteiger partial charge in [-0.05, 0) is 29.7 Å². The molecule has 0 aromatic rings. The van der Waals surface area contributed by atoms with Crippen molar-refractivity contribution in [2.24, 2.45) is 11.8 Å². The van der Waals surface area contributed by atoms with Crippen molar-refractivity contribution < 1.29 is 0 Å². The summed E-state index contributed by atoms with van der Waals surface area (Å²) >= 11 is 0. The first kappa shape index (κ1) is 8.55. The molecule has 0 N–H and O–H groups in total. The van der Waals surface area contributed by atoms with Gasteiger partial charge in [-0.15, -0.1) is 0 Å². The molecule has 0 bridgehead atoms. The molecule has 0 heterocycles. The number of fused-ring (bicyclic) bond motifs is 1. The van der Waals surface area contributed by atoms with Crippen molar-refractivity contribution in [1.29, 1.82) is 0 Å². The van der Waals surface area contributed by atoms with Crippen LogP contribution in [-0.4, -0.2) is 8.07 Å². The number of rotatable bonds is 1. The molecular formula is C11H20Si. The van der Waals surface area contributed by atoms with Crippen molar-refractivity contribution >= 4 is 8.07 Å². The van der Waals surface area contributed by atoms with Crippen LogP contribution in [0.3, 0.4) is 0 Å². The molecule has 3 atom stereocenters. The summed E-state index contributed by atoms with van der Waals surface area (Å²) in [6.45, 7) is 10.1. The zero-order chi connectivity index (χ0) is 8.98. The van der Waals surface area contributed by atoms with Crippen LogP contribution >= 0.6 is 0 Å². The minimum absolute atomic E-state index is 0.688. The quantitative estimate of drug-likeness (QED) is 0.426. The van der Waals surface area contributed by atoms with Gasteiger partial charge in [0.15, 0.2) is 0 Å². The lowest BCUT2D eigenvalue weighted by Gasteiger charge is -2.51. The molecule has 0 aliphatic heterocycles. The molecule has 0 spiro atoms. The van der Waals surface area contributed by atoms with Gasteiger partial charge in [0.05, 0.1) is 8.07 Å². The van der Waals surface area contributed by atoms with E-state index in [9.17, 15) is 0 Å². The van der Waals surface area contributed by atoms with E-state index < -0.39 is 8.07 Å². The lowest BCUT2D eigenvalue weighted by Crippen LogP contribution is -2.47. The first-order chi connectivity index (χ1) is 5.48.